The van der Waals surface area contributed by atoms with Gasteiger partial charge in [-0.25, -0.2) is 9.97 Å². The van der Waals surface area contributed by atoms with Gasteiger partial charge in [0.05, 0.1) is 12.2 Å². The van der Waals surface area contributed by atoms with Gasteiger partial charge in [-0.15, -0.1) is 35.3 Å². The van der Waals surface area contributed by atoms with E-state index in [1.165, 1.54) is 4.88 Å². The third kappa shape index (κ3) is 5.69. The minimum Gasteiger partial charge on any atom is -0.352 e. The number of thiazole rings is 1. The molecule has 2 aromatic heterocycles. The predicted octanol–water partition coefficient (Wildman–Crippen LogP) is 3.29. The van der Waals surface area contributed by atoms with Crippen LogP contribution in [0.3, 0.4) is 0 Å². The van der Waals surface area contributed by atoms with E-state index in [0.29, 0.717) is 18.2 Å². The van der Waals surface area contributed by atoms with Crippen molar-refractivity contribution in [2.24, 2.45) is 4.99 Å². The van der Waals surface area contributed by atoms with Gasteiger partial charge >= 0.3 is 0 Å². The fourth-order valence-corrected chi connectivity index (χ4v) is 2.68. The molecule has 5 nitrogen and oxygen atoms in total. The minimum atomic E-state index is 0. The van der Waals surface area contributed by atoms with Gasteiger partial charge in [0.2, 0.25) is 0 Å². The first-order valence-electron chi connectivity index (χ1n) is 6.56. The summed E-state index contributed by atoms with van der Waals surface area (Å²) in [5, 5.41) is 8.03. The van der Waals surface area contributed by atoms with Crippen LogP contribution >= 0.6 is 46.9 Å². The fraction of sp³-hybridized carbons (Fsp3) is 0.357. The van der Waals surface area contributed by atoms with Gasteiger partial charge in [-0.3, -0.25) is 4.99 Å². The molecule has 2 N–H and O–H groups in total. The van der Waals surface area contributed by atoms with Gasteiger partial charge < -0.3 is 10.6 Å². The molecule has 2 heterocycles. The molecule has 0 radical (unpaired) electrons. The van der Waals surface area contributed by atoms with Gasteiger partial charge in [0.15, 0.2) is 5.96 Å². The van der Waals surface area contributed by atoms with E-state index in [-0.39, 0.29) is 24.0 Å². The van der Waals surface area contributed by atoms with E-state index >= 15 is 0 Å². The van der Waals surface area contributed by atoms with Crippen LogP contribution < -0.4 is 10.6 Å². The average molecular weight is 452 g/mol. The zero-order valence-corrected chi connectivity index (χ0v) is 16.6. The number of aromatic nitrogens is 2. The second-order valence-electron chi connectivity index (χ2n) is 4.52. The van der Waals surface area contributed by atoms with Crippen LogP contribution in [0.1, 0.15) is 21.1 Å². The number of pyridine rings is 1. The van der Waals surface area contributed by atoms with Crippen molar-refractivity contribution in [3.63, 3.8) is 0 Å². The second-order valence-corrected chi connectivity index (χ2v) is 6.19. The van der Waals surface area contributed by atoms with Crippen molar-refractivity contribution in [3.05, 3.63) is 44.6 Å². The molecule has 0 bridgehead atoms. The van der Waals surface area contributed by atoms with Crippen LogP contribution in [0.4, 0.5) is 0 Å². The lowest BCUT2D eigenvalue weighted by Gasteiger charge is -2.10. The molecule has 0 aliphatic heterocycles. The van der Waals surface area contributed by atoms with Gasteiger partial charge in [0.25, 0.3) is 0 Å². The molecule has 0 aliphatic rings. The lowest BCUT2D eigenvalue weighted by molar-refractivity contribution is 0.801. The number of rotatable bonds is 4. The third-order valence-electron chi connectivity index (χ3n) is 2.95. The van der Waals surface area contributed by atoms with Crippen LogP contribution in [-0.2, 0) is 13.1 Å². The summed E-state index contributed by atoms with van der Waals surface area (Å²) in [6.45, 7) is 5.41. The van der Waals surface area contributed by atoms with Gasteiger partial charge in [0, 0.05) is 24.7 Å². The third-order valence-corrected chi connectivity index (χ3v) is 4.25. The normalized spacial score (nSPS) is 11.0. The summed E-state index contributed by atoms with van der Waals surface area (Å²) >= 11 is 7.46. The minimum absolute atomic E-state index is 0. The zero-order chi connectivity index (χ0) is 15.2. The fourth-order valence-electron chi connectivity index (χ4n) is 1.69. The van der Waals surface area contributed by atoms with E-state index in [2.05, 4.69) is 32.5 Å². The van der Waals surface area contributed by atoms with Crippen molar-refractivity contribution in [3.8, 4) is 0 Å². The molecule has 0 unspecified atom stereocenters. The molecule has 0 fully saturated rings. The summed E-state index contributed by atoms with van der Waals surface area (Å²) < 4.78 is 0. The van der Waals surface area contributed by atoms with Gasteiger partial charge in [0.1, 0.15) is 10.2 Å². The largest absolute Gasteiger partial charge is 0.352 e. The standard InChI is InChI=1S/C14H18ClN5S.HI/c1-9-10(2)21-13(20-9)8-19-14(16-3)18-7-11-4-5-12(15)17-6-11;/h4-6H,7-8H2,1-3H3,(H2,16,18,19);1H. The SMILES string of the molecule is CN=C(NCc1ccc(Cl)nc1)NCc1nc(C)c(C)s1.I. The molecule has 8 heteroatoms. The smallest absolute Gasteiger partial charge is 0.191 e. The topological polar surface area (TPSA) is 62.2 Å². The summed E-state index contributed by atoms with van der Waals surface area (Å²) in [6, 6.07) is 3.71. The Hall–Kier alpha value is -0.930. The van der Waals surface area contributed by atoms with E-state index in [1.54, 1.807) is 30.6 Å². The van der Waals surface area contributed by atoms with Crippen molar-refractivity contribution in [2.75, 3.05) is 7.05 Å². The number of hydrogen-bond acceptors (Lipinski definition) is 4. The van der Waals surface area contributed by atoms with Crippen LogP contribution in [0, 0.1) is 13.8 Å². The Morgan fingerprint density at radius 1 is 1.27 bits per heavy atom. The highest BCUT2D eigenvalue weighted by Crippen LogP contribution is 2.15. The molecule has 22 heavy (non-hydrogen) atoms. The number of nitrogens with one attached hydrogen (secondary N) is 2. The van der Waals surface area contributed by atoms with E-state index in [9.17, 15) is 0 Å². The lowest BCUT2D eigenvalue weighted by atomic mass is 10.3. The van der Waals surface area contributed by atoms with Gasteiger partial charge in [-0.2, -0.15) is 0 Å². The Morgan fingerprint density at radius 3 is 2.55 bits per heavy atom. The zero-order valence-electron chi connectivity index (χ0n) is 12.7. The van der Waals surface area contributed by atoms with E-state index in [1.807, 2.05) is 13.0 Å². The van der Waals surface area contributed by atoms with Crippen LogP contribution in [0.25, 0.3) is 0 Å². The van der Waals surface area contributed by atoms with Crippen LogP contribution in [0.2, 0.25) is 5.15 Å². The van der Waals surface area contributed by atoms with Crippen LogP contribution in [0.5, 0.6) is 0 Å². The Bertz CT molecular complexity index is 607. The predicted molar refractivity (Wildman–Crippen MR) is 103 cm³/mol. The maximum atomic E-state index is 5.76. The summed E-state index contributed by atoms with van der Waals surface area (Å²) in [6.07, 6.45) is 1.75. The number of nitrogens with zero attached hydrogens (tertiary/aromatic N) is 3. The molecule has 0 aliphatic carbocycles. The first-order chi connectivity index (χ1) is 10.1. The highest BCUT2D eigenvalue weighted by molar-refractivity contribution is 14.0. The van der Waals surface area contributed by atoms with Crippen molar-refractivity contribution < 1.29 is 0 Å². The van der Waals surface area contributed by atoms with E-state index in [4.69, 9.17) is 11.6 Å². The van der Waals surface area contributed by atoms with E-state index in [0.717, 1.165) is 22.2 Å². The van der Waals surface area contributed by atoms with Crippen molar-refractivity contribution in [1.29, 1.82) is 0 Å². The summed E-state index contributed by atoms with van der Waals surface area (Å²) in [5.41, 5.74) is 2.13. The summed E-state index contributed by atoms with van der Waals surface area (Å²) in [7, 11) is 1.74. The maximum absolute atomic E-state index is 5.76. The Labute approximate surface area is 156 Å². The first kappa shape index (κ1) is 19.1. The maximum Gasteiger partial charge on any atom is 0.191 e. The van der Waals surface area contributed by atoms with Crippen molar-refractivity contribution >= 4 is 52.9 Å². The monoisotopic (exact) mass is 451 g/mol. The number of aliphatic imine (C=N–C) groups is 1. The van der Waals surface area contributed by atoms with Crippen LogP contribution in [-0.4, -0.2) is 23.0 Å². The molecule has 0 aromatic carbocycles. The molecule has 0 spiro atoms. The summed E-state index contributed by atoms with van der Waals surface area (Å²) in [4.78, 5) is 14.0. The van der Waals surface area contributed by atoms with Crippen molar-refractivity contribution in [1.82, 2.24) is 20.6 Å². The number of halogens is 2. The molecular weight excluding hydrogens is 433 g/mol. The van der Waals surface area contributed by atoms with Crippen molar-refractivity contribution in [2.45, 2.75) is 26.9 Å². The molecule has 0 saturated heterocycles. The quantitative estimate of drug-likeness (QED) is 0.324. The Kier molecular flexibility index (Phi) is 8.05. The molecule has 2 aromatic rings. The highest BCUT2D eigenvalue weighted by atomic mass is 127. The van der Waals surface area contributed by atoms with Gasteiger partial charge in [-0.05, 0) is 25.5 Å². The van der Waals surface area contributed by atoms with Gasteiger partial charge in [-0.1, -0.05) is 17.7 Å². The highest BCUT2D eigenvalue weighted by Gasteiger charge is 2.05. The molecule has 2 rings (SSSR count). The number of hydrogen-bond donors (Lipinski definition) is 2. The Balaban J connectivity index is 0.00000242. The number of guanidine groups is 1. The first-order valence-corrected chi connectivity index (χ1v) is 7.76. The van der Waals surface area contributed by atoms with E-state index < -0.39 is 0 Å². The van der Waals surface area contributed by atoms with Crippen LogP contribution in [0.15, 0.2) is 23.3 Å². The average Bonchev–Trinajstić information content (AvgIpc) is 2.80. The molecule has 0 amide bonds. The Morgan fingerprint density at radius 2 is 2.00 bits per heavy atom. The summed E-state index contributed by atoms with van der Waals surface area (Å²) in [5.74, 6) is 0.732. The lowest BCUT2D eigenvalue weighted by Crippen LogP contribution is -2.36. The molecule has 0 atom stereocenters. The molecular formula is C14H19ClIN5S. The molecule has 120 valence electrons. The number of aryl methyl sites for hydroxylation is 2. The molecule has 0 saturated carbocycles. The second kappa shape index (κ2) is 9.26.